The number of rotatable bonds is 2. The second-order valence-electron chi connectivity index (χ2n) is 3.53. The molecule has 1 heterocycles. The van der Waals surface area contributed by atoms with Crippen LogP contribution in [0.2, 0.25) is 0 Å². The van der Waals surface area contributed by atoms with E-state index in [1.807, 2.05) is 18.2 Å². The van der Waals surface area contributed by atoms with E-state index in [1.54, 1.807) is 0 Å². The van der Waals surface area contributed by atoms with Gasteiger partial charge in [0.05, 0.1) is 17.3 Å². The van der Waals surface area contributed by atoms with Crippen molar-refractivity contribution < 1.29 is 5.11 Å². The number of halogens is 1. The molecule has 3 heteroatoms. The lowest BCUT2D eigenvalue weighted by molar-refractivity contribution is -0.0427. The molecule has 0 spiro atoms. The summed E-state index contributed by atoms with van der Waals surface area (Å²) in [5, 5.41) is 10.00. The summed E-state index contributed by atoms with van der Waals surface area (Å²) >= 11 is 5.67. The zero-order valence-electron chi connectivity index (χ0n) is 7.33. The predicted octanol–water partition coefficient (Wildman–Crippen LogP) is 2.19. The highest BCUT2D eigenvalue weighted by Gasteiger charge is 2.37. The molecule has 1 aliphatic carbocycles. The highest BCUT2D eigenvalue weighted by Crippen LogP contribution is 2.39. The van der Waals surface area contributed by atoms with Crippen LogP contribution >= 0.6 is 11.6 Å². The molecule has 0 aromatic carbocycles. The molecule has 1 fully saturated rings. The molecule has 0 aliphatic heterocycles. The first kappa shape index (κ1) is 8.97. The van der Waals surface area contributed by atoms with Gasteiger partial charge >= 0.3 is 0 Å². The second-order valence-corrected chi connectivity index (χ2v) is 3.80. The van der Waals surface area contributed by atoms with Gasteiger partial charge in [0.1, 0.15) is 5.60 Å². The van der Waals surface area contributed by atoms with Crippen LogP contribution in [0.4, 0.5) is 0 Å². The van der Waals surface area contributed by atoms with E-state index in [2.05, 4.69) is 4.98 Å². The summed E-state index contributed by atoms with van der Waals surface area (Å²) in [6.45, 7) is 0. The van der Waals surface area contributed by atoms with Gasteiger partial charge in [-0.3, -0.25) is 4.98 Å². The molecule has 2 nitrogen and oxygen atoms in total. The summed E-state index contributed by atoms with van der Waals surface area (Å²) in [5.41, 5.74) is 0.943. The van der Waals surface area contributed by atoms with Crippen molar-refractivity contribution >= 4 is 11.6 Å². The van der Waals surface area contributed by atoms with Gasteiger partial charge in [-0.2, -0.15) is 0 Å². The lowest BCUT2D eigenvalue weighted by Gasteiger charge is -2.36. The average molecular weight is 198 g/mol. The quantitative estimate of drug-likeness (QED) is 0.738. The summed E-state index contributed by atoms with van der Waals surface area (Å²) in [7, 11) is 0. The minimum absolute atomic E-state index is 0.407. The molecular weight excluding hydrogens is 186 g/mol. The zero-order valence-corrected chi connectivity index (χ0v) is 8.09. The Morgan fingerprint density at radius 1 is 1.46 bits per heavy atom. The fraction of sp³-hybridized carbons (Fsp3) is 0.500. The predicted molar refractivity (Wildman–Crippen MR) is 51.5 cm³/mol. The summed E-state index contributed by atoms with van der Waals surface area (Å²) in [4.78, 5) is 4.30. The van der Waals surface area contributed by atoms with E-state index in [-0.39, 0.29) is 0 Å². The van der Waals surface area contributed by atoms with Crippen LogP contribution in [0.25, 0.3) is 0 Å². The molecule has 0 saturated heterocycles. The molecule has 0 amide bonds. The van der Waals surface area contributed by atoms with Crippen molar-refractivity contribution in [3.8, 4) is 0 Å². The Kier molecular flexibility index (Phi) is 2.26. The fourth-order valence-electron chi connectivity index (χ4n) is 1.58. The smallest absolute Gasteiger partial charge is 0.106 e. The van der Waals surface area contributed by atoms with Crippen LogP contribution in [-0.4, -0.2) is 10.1 Å². The van der Waals surface area contributed by atoms with Crippen molar-refractivity contribution in [2.45, 2.75) is 30.7 Å². The molecule has 13 heavy (non-hydrogen) atoms. The molecular formula is C10H12ClNO. The number of nitrogens with zero attached hydrogens (tertiary/aromatic N) is 1. The van der Waals surface area contributed by atoms with E-state index in [1.165, 1.54) is 0 Å². The molecule has 1 aliphatic rings. The van der Waals surface area contributed by atoms with Crippen LogP contribution in [0.15, 0.2) is 18.2 Å². The highest BCUT2D eigenvalue weighted by molar-refractivity contribution is 6.16. The van der Waals surface area contributed by atoms with E-state index in [0.717, 1.165) is 30.7 Å². The van der Waals surface area contributed by atoms with Crippen molar-refractivity contribution in [1.29, 1.82) is 0 Å². The minimum atomic E-state index is -0.665. The molecule has 0 atom stereocenters. The van der Waals surface area contributed by atoms with Gasteiger partial charge in [-0.25, -0.2) is 0 Å². The van der Waals surface area contributed by atoms with E-state index in [4.69, 9.17) is 11.6 Å². The highest BCUT2D eigenvalue weighted by atomic mass is 35.5. The van der Waals surface area contributed by atoms with Gasteiger partial charge in [-0.05, 0) is 31.4 Å². The lowest BCUT2D eigenvalue weighted by atomic mass is 9.77. The Hall–Kier alpha value is -0.600. The van der Waals surface area contributed by atoms with Crippen LogP contribution in [0, 0.1) is 0 Å². The van der Waals surface area contributed by atoms with Crippen LogP contribution in [-0.2, 0) is 11.5 Å². The molecule has 1 aromatic rings. The van der Waals surface area contributed by atoms with Gasteiger partial charge in [0.15, 0.2) is 0 Å². The Balaban J connectivity index is 2.29. The zero-order chi connectivity index (χ0) is 9.31. The summed E-state index contributed by atoms with van der Waals surface area (Å²) < 4.78 is 0. The van der Waals surface area contributed by atoms with Crippen LogP contribution < -0.4 is 0 Å². The summed E-state index contributed by atoms with van der Waals surface area (Å²) in [5.74, 6) is 0.407. The number of aliphatic hydroxyl groups is 1. The van der Waals surface area contributed by atoms with E-state index in [9.17, 15) is 5.11 Å². The van der Waals surface area contributed by atoms with Crippen molar-refractivity contribution in [1.82, 2.24) is 4.98 Å². The maximum absolute atomic E-state index is 10.00. The van der Waals surface area contributed by atoms with Gasteiger partial charge < -0.3 is 5.11 Å². The van der Waals surface area contributed by atoms with E-state index in [0.29, 0.717) is 5.88 Å². The largest absolute Gasteiger partial charge is 0.384 e. The van der Waals surface area contributed by atoms with Crippen LogP contribution in [0.3, 0.4) is 0 Å². The Labute approximate surface area is 82.6 Å². The fourth-order valence-corrected chi connectivity index (χ4v) is 1.73. The number of aromatic nitrogens is 1. The number of alkyl halides is 1. The molecule has 0 bridgehead atoms. The number of hydrogen-bond acceptors (Lipinski definition) is 2. The second kappa shape index (κ2) is 3.28. The van der Waals surface area contributed by atoms with Crippen LogP contribution in [0.5, 0.6) is 0 Å². The normalized spacial score (nSPS) is 19.5. The Bertz CT molecular complexity index is 310. The average Bonchev–Trinajstić information content (AvgIpc) is 2.14. The van der Waals surface area contributed by atoms with Gasteiger partial charge in [0.2, 0.25) is 0 Å². The first-order valence-electron chi connectivity index (χ1n) is 4.49. The maximum atomic E-state index is 10.00. The standard InChI is InChI=1S/C10H12ClNO/c11-7-8-3-1-4-9(12-8)10(13)5-2-6-10/h1,3-4,13H,2,5-7H2. The third-order valence-corrected chi connectivity index (χ3v) is 2.88. The molecule has 1 N–H and O–H groups in total. The molecule has 70 valence electrons. The monoisotopic (exact) mass is 197 g/mol. The van der Waals surface area contributed by atoms with Gasteiger partial charge in [0, 0.05) is 0 Å². The number of hydrogen-bond donors (Lipinski definition) is 1. The van der Waals surface area contributed by atoms with Gasteiger partial charge in [-0.1, -0.05) is 6.07 Å². The van der Waals surface area contributed by atoms with Crippen molar-refractivity contribution in [3.63, 3.8) is 0 Å². The summed E-state index contributed by atoms with van der Waals surface area (Å²) in [6.07, 6.45) is 2.74. The minimum Gasteiger partial charge on any atom is -0.384 e. The van der Waals surface area contributed by atoms with Crippen molar-refractivity contribution in [2.75, 3.05) is 0 Å². The van der Waals surface area contributed by atoms with E-state index >= 15 is 0 Å². The third kappa shape index (κ3) is 1.56. The molecule has 2 rings (SSSR count). The van der Waals surface area contributed by atoms with Gasteiger partial charge in [0.25, 0.3) is 0 Å². The van der Waals surface area contributed by atoms with Crippen molar-refractivity contribution in [2.24, 2.45) is 0 Å². The SMILES string of the molecule is OC1(c2cccc(CCl)n2)CCC1. The topological polar surface area (TPSA) is 33.1 Å². The lowest BCUT2D eigenvalue weighted by Crippen LogP contribution is -2.34. The van der Waals surface area contributed by atoms with Gasteiger partial charge in [-0.15, -0.1) is 11.6 Å². The first-order valence-corrected chi connectivity index (χ1v) is 5.03. The molecule has 0 unspecified atom stereocenters. The molecule has 0 radical (unpaired) electrons. The first-order chi connectivity index (χ1) is 6.24. The molecule has 1 saturated carbocycles. The third-order valence-electron chi connectivity index (χ3n) is 2.60. The van der Waals surface area contributed by atoms with E-state index < -0.39 is 5.60 Å². The summed E-state index contributed by atoms with van der Waals surface area (Å²) in [6, 6.07) is 5.64. The maximum Gasteiger partial charge on any atom is 0.106 e. The molecule has 1 aromatic heterocycles. The van der Waals surface area contributed by atoms with Crippen molar-refractivity contribution in [3.05, 3.63) is 29.6 Å². The van der Waals surface area contributed by atoms with Crippen LogP contribution in [0.1, 0.15) is 30.7 Å². The number of pyridine rings is 1. The Morgan fingerprint density at radius 2 is 2.23 bits per heavy atom. The Morgan fingerprint density at radius 3 is 2.77 bits per heavy atom.